The topological polar surface area (TPSA) is 133 Å². The largest absolute Gasteiger partial charge is 0.368 e. The van der Waals surface area contributed by atoms with Crippen LogP contribution in [0.4, 0.5) is 0 Å². The fourth-order valence-corrected chi connectivity index (χ4v) is 3.62. The molecule has 0 saturated heterocycles. The lowest BCUT2D eigenvalue weighted by Crippen LogP contribution is -2.45. The number of amides is 1. The van der Waals surface area contributed by atoms with Crippen molar-refractivity contribution in [1.29, 1.82) is 0 Å². The molecule has 134 valence electrons. The van der Waals surface area contributed by atoms with Gasteiger partial charge >= 0.3 is 0 Å². The molecule has 1 aromatic heterocycles. The quantitative estimate of drug-likeness (QED) is 0.601. The minimum atomic E-state index is -3.97. The van der Waals surface area contributed by atoms with Crippen molar-refractivity contribution in [1.82, 2.24) is 24.9 Å². The molecule has 0 fully saturated rings. The Balaban J connectivity index is 1.85. The summed E-state index contributed by atoms with van der Waals surface area (Å²) in [7, 11) is -3.97. The molecule has 0 aliphatic carbocycles. The maximum absolute atomic E-state index is 12.7. The van der Waals surface area contributed by atoms with Crippen molar-refractivity contribution in [3.05, 3.63) is 66.5 Å². The summed E-state index contributed by atoms with van der Waals surface area (Å²) >= 11 is 0. The van der Waals surface area contributed by atoms with Crippen LogP contribution in [0.3, 0.4) is 0 Å². The average molecular weight is 372 g/mol. The van der Waals surface area contributed by atoms with E-state index in [0.29, 0.717) is 5.69 Å². The number of hydrogen-bond acceptors (Lipinski definition) is 6. The molecule has 1 atom stereocenters. The van der Waals surface area contributed by atoms with Crippen LogP contribution in [-0.2, 0) is 21.2 Å². The molecule has 1 amide bonds. The van der Waals surface area contributed by atoms with E-state index in [2.05, 4.69) is 20.2 Å². The maximum Gasteiger partial charge on any atom is 0.241 e. The van der Waals surface area contributed by atoms with Gasteiger partial charge in [0, 0.05) is 0 Å². The maximum atomic E-state index is 12.7. The second kappa shape index (κ2) is 7.42. The van der Waals surface area contributed by atoms with Gasteiger partial charge < -0.3 is 5.73 Å². The van der Waals surface area contributed by atoms with Gasteiger partial charge in [0.25, 0.3) is 0 Å². The third-order valence-electron chi connectivity index (χ3n) is 3.66. The minimum Gasteiger partial charge on any atom is -0.368 e. The molecule has 0 bridgehead atoms. The highest BCUT2D eigenvalue weighted by Gasteiger charge is 2.24. The molecular formula is C16H16N6O3S. The SMILES string of the molecule is NC(=O)C(Cc1ccccc1)NS(=O)(=O)c1cccc(-n2cnnn2)c1. The number of nitrogens with one attached hydrogen (secondary N) is 1. The van der Waals surface area contributed by atoms with Gasteiger partial charge in [0.1, 0.15) is 12.4 Å². The van der Waals surface area contributed by atoms with E-state index in [0.717, 1.165) is 5.56 Å². The molecule has 10 heteroatoms. The molecule has 9 nitrogen and oxygen atoms in total. The van der Waals surface area contributed by atoms with Crippen LogP contribution in [0.15, 0.2) is 65.8 Å². The molecule has 1 heterocycles. The first-order chi connectivity index (χ1) is 12.5. The molecular weight excluding hydrogens is 356 g/mol. The predicted molar refractivity (Wildman–Crippen MR) is 92.6 cm³/mol. The number of carbonyl (C=O) groups is 1. The Labute approximate surface area is 149 Å². The van der Waals surface area contributed by atoms with Crippen LogP contribution in [-0.4, -0.2) is 40.6 Å². The molecule has 3 aromatic rings. The number of nitrogens with zero attached hydrogens (tertiary/aromatic N) is 4. The highest BCUT2D eigenvalue weighted by molar-refractivity contribution is 7.89. The van der Waals surface area contributed by atoms with Gasteiger partial charge in [-0.3, -0.25) is 4.79 Å². The standard InChI is InChI=1S/C16H16N6O3S/c17-16(23)15(9-12-5-2-1-3-6-12)19-26(24,25)14-8-4-7-13(10-14)22-11-18-20-21-22/h1-8,10-11,15,19H,9H2,(H2,17,23). The molecule has 3 rings (SSSR count). The average Bonchev–Trinajstić information content (AvgIpc) is 3.17. The molecule has 0 radical (unpaired) electrons. The van der Waals surface area contributed by atoms with Crippen molar-refractivity contribution >= 4 is 15.9 Å². The van der Waals surface area contributed by atoms with Gasteiger partial charge in [-0.2, -0.15) is 4.72 Å². The van der Waals surface area contributed by atoms with Crippen molar-refractivity contribution in [2.45, 2.75) is 17.4 Å². The van der Waals surface area contributed by atoms with E-state index in [9.17, 15) is 13.2 Å². The molecule has 1 unspecified atom stereocenters. The third kappa shape index (κ3) is 4.10. The Bertz CT molecular complexity index is 990. The number of sulfonamides is 1. The lowest BCUT2D eigenvalue weighted by Gasteiger charge is -2.16. The highest BCUT2D eigenvalue weighted by Crippen LogP contribution is 2.15. The summed E-state index contributed by atoms with van der Waals surface area (Å²) in [4.78, 5) is 11.7. The van der Waals surface area contributed by atoms with E-state index in [-0.39, 0.29) is 11.3 Å². The third-order valence-corrected chi connectivity index (χ3v) is 5.13. The van der Waals surface area contributed by atoms with Crippen LogP contribution in [0.5, 0.6) is 0 Å². The van der Waals surface area contributed by atoms with Crippen LogP contribution in [0.1, 0.15) is 5.56 Å². The molecule has 0 aliphatic heterocycles. The molecule has 0 saturated carbocycles. The Hall–Kier alpha value is -3.11. The normalized spacial score (nSPS) is 12.6. The number of primary amides is 1. The zero-order valence-electron chi connectivity index (χ0n) is 13.6. The monoisotopic (exact) mass is 372 g/mol. The van der Waals surface area contributed by atoms with Gasteiger partial charge in [0.2, 0.25) is 15.9 Å². The Morgan fingerprint density at radius 1 is 1.15 bits per heavy atom. The number of nitrogens with two attached hydrogens (primary N) is 1. The minimum absolute atomic E-state index is 0.0233. The van der Waals surface area contributed by atoms with Crippen LogP contribution in [0.2, 0.25) is 0 Å². The smallest absolute Gasteiger partial charge is 0.241 e. The van der Waals surface area contributed by atoms with Crippen LogP contribution in [0.25, 0.3) is 5.69 Å². The van der Waals surface area contributed by atoms with Crippen molar-refractivity contribution < 1.29 is 13.2 Å². The molecule has 0 spiro atoms. The van der Waals surface area contributed by atoms with Gasteiger partial charge in [0.15, 0.2) is 0 Å². The molecule has 2 aromatic carbocycles. The summed E-state index contributed by atoms with van der Waals surface area (Å²) in [5.74, 6) is -0.756. The van der Waals surface area contributed by atoms with Gasteiger partial charge in [-0.15, -0.1) is 5.10 Å². The predicted octanol–water partition coefficient (Wildman–Crippen LogP) is 0.0372. The number of benzene rings is 2. The zero-order valence-corrected chi connectivity index (χ0v) is 14.4. The number of carbonyl (C=O) groups excluding carboxylic acids is 1. The van der Waals surface area contributed by atoms with Crippen LogP contribution >= 0.6 is 0 Å². The van der Waals surface area contributed by atoms with Crippen molar-refractivity contribution in [2.24, 2.45) is 5.73 Å². The van der Waals surface area contributed by atoms with Crippen molar-refractivity contribution in [2.75, 3.05) is 0 Å². The number of hydrogen-bond donors (Lipinski definition) is 2. The van der Waals surface area contributed by atoms with Gasteiger partial charge in [-0.05, 0) is 40.6 Å². The van der Waals surface area contributed by atoms with E-state index in [4.69, 9.17) is 5.73 Å². The van der Waals surface area contributed by atoms with E-state index >= 15 is 0 Å². The second-order valence-corrected chi connectivity index (χ2v) is 7.23. The van der Waals surface area contributed by atoms with Crippen LogP contribution in [0, 0.1) is 0 Å². The number of tetrazole rings is 1. The van der Waals surface area contributed by atoms with E-state index in [1.54, 1.807) is 36.4 Å². The van der Waals surface area contributed by atoms with Crippen LogP contribution < -0.4 is 10.5 Å². The Morgan fingerprint density at radius 2 is 1.92 bits per heavy atom. The van der Waals surface area contributed by atoms with Gasteiger partial charge in [-0.1, -0.05) is 36.4 Å². The summed E-state index contributed by atoms with van der Waals surface area (Å²) in [5, 5.41) is 10.8. The summed E-state index contributed by atoms with van der Waals surface area (Å²) in [6.07, 6.45) is 1.50. The molecule has 0 aliphatic rings. The van der Waals surface area contributed by atoms with Gasteiger partial charge in [0.05, 0.1) is 10.6 Å². The summed E-state index contributed by atoms with van der Waals surface area (Å²) in [6, 6.07) is 14.0. The Kier molecular flexibility index (Phi) is 5.05. The summed E-state index contributed by atoms with van der Waals surface area (Å²) in [6.45, 7) is 0. The number of aromatic nitrogens is 4. The summed E-state index contributed by atoms with van der Waals surface area (Å²) < 4.78 is 29.1. The fraction of sp³-hybridized carbons (Fsp3) is 0.125. The first-order valence-electron chi connectivity index (χ1n) is 7.65. The fourth-order valence-electron chi connectivity index (χ4n) is 2.38. The highest BCUT2D eigenvalue weighted by atomic mass is 32.2. The first kappa shape index (κ1) is 17.7. The summed E-state index contributed by atoms with van der Waals surface area (Å²) in [5.41, 5.74) is 6.64. The Morgan fingerprint density at radius 3 is 2.58 bits per heavy atom. The zero-order chi connectivity index (χ0) is 18.6. The second-order valence-electron chi connectivity index (χ2n) is 5.52. The van der Waals surface area contributed by atoms with Gasteiger partial charge in [-0.25, -0.2) is 13.1 Å². The number of rotatable bonds is 7. The molecule has 3 N–H and O–H groups in total. The lowest BCUT2D eigenvalue weighted by molar-refractivity contribution is -0.119. The van der Waals surface area contributed by atoms with E-state index in [1.165, 1.54) is 23.1 Å². The lowest BCUT2D eigenvalue weighted by atomic mass is 10.1. The van der Waals surface area contributed by atoms with E-state index in [1.807, 2.05) is 6.07 Å². The van der Waals surface area contributed by atoms with Crippen molar-refractivity contribution in [3.8, 4) is 5.69 Å². The molecule has 26 heavy (non-hydrogen) atoms. The van der Waals surface area contributed by atoms with E-state index < -0.39 is 22.0 Å². The first-order valence-corrected chi connectivity index (χ1v) is 9.13. The van der Waals surface area contributed by atoms with Crippen molar-refractivity contribution in [3.63, 3.8) is 0 Å².